The number of allylic oxidation sites excluding steroid dienone is 2. The van der Waals surface area contributed by atoms with E-state index in [1.165, 1.54) is 23.0 Å². The number of hydrogen-bond acceptors (Lipinski definition) is 6. The molecule has 7 rings (SSSR count). The summed E-state index contributed by atoms with van der Waals surface area (Å²) in [5, 5.41) is 11.3. The van der Waals surface area contributed by atoms with Gasteiger partial charge in [0.25, 0.3) is 0 Å². The summed E-state index contributed by atoms with van der Waals surface area (Å²) in [5.41, 5.74) is 1.10. The number of imide groups is 2. The molecular weight excluding hydrogens is 659 g/mol. The molecule has 2 aliphatic carbocycles. The second-order valence-electron chi connectivity index (χ2n) is 11.9. The Morgan fingerprint density at radius 1 is 0.860 bits per heavy atom. The number of methoxy groups -OCH3 is 1. The third-order valence-corrected chi connectivity index (χ3v) is 10.6. The van der Waals surface area contributed by atoms with E-state index in [0.29, 0.717) is 29.1 Å². The molecule has 2 aliphatic heterocycles. The van der Waals surface area contributed by atoms with Crippen LogP contribution >= 0.6 is 22.6 Å². The predicted molar refractivity (Wildman–Crippen MR) is 167 cm³/mol. The molecule has 2 saturated heterocycles. The van der Waals surface area contributed by atoms with E-state index in [1.54, 1.807) is 55.5 Å². The lowest BCUT2D eigenvalue weighted by atomic mass is 9.51. The van der Waals surface area contributed by atoms with Crippen LogP contribution in [0.15, 0.2) is 84.4 Å². The van der Waals surface area contributed by atoms with Crippen LogP contribution in [0.25, 0.3) is 0 Å². The first-order valence-electron chi connectivity index (χ1n) is 14.3. The smallest absolute Gasteiger partial charge is 0.241 e. The van der Waals surface area contributed by atoms with Gasteiger partial charge in [0.1, 0.15) is 11.5 Å². The maximum atomic E-state index is 14.4. The lowest BCUT2D eigenvalue weighted by molar-refractivity contribution is -0.131. The van der Waals surface area contributed by atoms with Crippen LogP contribution in [0.1, 0.15) is 31.2 Å². The lowest BCUT2D eigenvalue weighted by Gasteiger charge is -2.49. The Bertz CT molecular complexity index is 1720. The normalized spacial score (nSPS) is 29.7. The zero-order valence-electron chi connectivity index (χ0n) is 23.6. The Labute approximate surface area is 262 Å². The van der Waals surface area contributed by atoms with E-state index in [0.717, 1.165) is 9.14 Å². The van der Waals surface area contributed by atoms with Gasteiger partial charge in [0, 0.05) is 21.1 Å². The second-order valence-corrected chi connectivity index (χ2v) is 13.2. The van der Waals surface area contributed by atoms with Gasteiger partial charge in [-0.3, -0.25) is 24.1 Å². The molecule has 4 aliphatic rings. The zero-order valence-corrected chi connectivity index (χ0v) is 25.7. The average Bonchev–Trinajstić information content (AvgIpc) is 3.38. The lowest BCUT2D eigenvalue weighted by Crippen LogP contribution is -2.48. The van der Waals surface area contributed by atoms with Crippen molar-refractivity contribution in [2.45, 2.75) is 25.7 Å². The molecular formula is C34H29IN2O6. The molecule has 6 atom stereocenters. The molecule has 0 aromatic heterocycles. The Balaban J connectivity index is 1.37. The van der Waals surface area contributed by atoms with Crippen LogP contribution in [-0.2, 0) is 19.2 Å². The molecule has 3 aromatic carbocycles. The zero-order chi connectivity index (χ0) is 30.2. The van der Waals surface area contributed by atoms with Crippen molar-refractivity contribution in [2.75, 3.05) is 16.9 Å². The maximum Gasteiger partial charge on any atom is 0.241 e. The topological polar surface area (TPSA) is 104 Å². The number of para-hydroxylation sites is 1. The Kier molecular flexibility index (Phi) is 6.50. The van der Waals surface area contributed by atoms with Gasteiger partial charge < -0.3 is 9.84 Å². The van der Waals surface area contributed by atoms with Crippen LogP contribution in [0.5, 0.6) is 11.5 Å². The van der Waals surface area contributed by atoms with Crippen molar-refractivity contribution >= 4 is 57.6 Å². The minimum atomic E-state index is -1.23. The fourth-order valence-corrected chi connectivity index (χ4v) is 8.28. The van der Waals surface area contributed by atoms with Gasteiger partial charge in [-0.15, -0.1) is 0 Å². The number of anilines is 2. The molecule has 43 heavy (non-hydrogen) atoms. The highest BCUT2D eigenvalue weighted by Gasteiger charge is 2.68. The van der Waals surface area contributed by atoms with E-state index in [1.807, 2.05) is 24.3 Å². The summed E-state index contributed by atoms with van der Waals surface area (Å²) in [6.07, 6.45) is 2.57. The summed E-state index contributed by atoms with van der Waals surface area (Å²) in [5.74, 6) is -3.95. The summed E-state index contributed by atoms with van der Waals surface area (Å²) >= 11 is 2.18. The number of phenols is 1. The largest absolute Gasteiger partial charge is 0.508 e. The quantitative estimate of drug-likeness (QED) is 0.223. The van der Waals surface area contributed by atoms with Crippen molar-refractivity contribution < 1.29 is 29.0 Å². The SMILES string of the molecule is COc1ccc([C@H]2C3=CC[C@@H]4C(=O)N(c5ccc(I)cc5)C(=O)[C@@H]4[C@@H]3C[C@H]3C(=O)N(c4ccccc4)C(=O)[C@@]23C)c(O)c1. The first-order chi connectivity index (χ1) is 20.7. The van der Waals surface area contributed by atoms with E-state index in [2.05, 4.69) is 22.6 Å². The third kappa shape index (κ3) is 3.93. The van der Waals surface area contributed by atoms with Gasteiger partial charge in [-0.05, 0) is 90.7 Å². The standard InChI is InChI=1S/C34H29IN2O6/c1-34-26(31(40)37(33(34)42)19-6-4-3-5-7-19)17-25-22(29(34)23-13-12-21(43-2)16-27(23)38)14-15-24-28(25)32(41)36(30(24)39)20-10-8-18(35)9-11-20/h3-14,16,24-26,28-29,38H,15,17H2,1-2H3/t24-,25+,26-,28-,29+,34+/m0/s1. The summed E-state index contributed by atoms with van der Waals surface area (Å²) in [6, 6.07) is 21.1. The van der Waals surface area contributed by atoms with Gasteiger partial charge in [0.05, 0.1) is 41.7 Å². The molecule has 8 nitrogen and oxygen atoms in total. The monoisotopic (exact) mass is 688 g/mol. The molecule has 0 radical (unpaired) electrons. The average molecular weight is 689 g/mol. The van der Waals surface area contributed by atoms with Crippen molar-refractivity contribution in [1.82, 2.24) is 0 Å². The molecule has 0 unspecified atom stereocenters. The van der Waals surface area contributed by atoms with Gasteiger partial charge in [-0.25, -0.2) is 4.90 Å². The summed E-state index contributed by atoms with van der Waals surface area (Å²) in [4.78, 5) is 59.0. The predicted octanol–water partition coefficient (Wildman–Crippen LogP) is 5.44. The fourth-order valence-electron chi connectivity index (χ4n) is 7.92. The van der Waals surface area contributed by atoms with Crippen molar-refractivity contribution in [2.24, 2.45) is 29.1 Å². The van der Waals surface area contributed by atoms with E-state index in [4.69, 9.17) is 4.74 Å². The molecule has 9 heteroatoms. The highest BCUT2D eigenvalue weighted by atomic mass is 127. The number of aromatic hydroxyl groups is 1. The van der Waals surface area contributed by atoms with Crippen LogP contribution in [0, 0.1) is 32.7 Å². The number of carbonyl (C=O) groups is 4. The van der Waals surface area contributed by atoms with Gasteiger partial charge >= 0.3 is 0 Å². The van der Waals surface area contributed by atoms with Crippen molar-refractivity contribution in [3.05, 3.63) is 93.6 Å². The van der Waals surface area contributed by atoms with Gasteiger partial charge in [-0.1, -0.05) is 35.9 Å². The van der Waals surface area contributed by atoms with Crippen LogP contribution in [0.4, 0.5) is 11.4 Å². The minimum Gasteiger partial charge on any atom is -0.508 e. The molecule has 0 bridgehead atoms. The molecule has 3 fully saturated rings. The fraction of sp³-hybridized carbons (Fsp3) is 0.294. The van der Waals surface area contributed by atoms with E-state index in [-0.39, 0.29) is 35.8 Å². The molecule has 1 N–H and O–H groups in total. The molecule has 4 amide bonds. The van der Waals surface area contributed by atoms with Crippen molar-refractivity contribution in [1.29, 1.82) is 0 Å². The summed E-state index contributed by atoms with van der Waals surface area (Å²) < 4.78 is 6.31. The van der Waals surface area contributed by atoms with Crippen LogP contribution in [0.2, 0.25) is 0 Å². The van der Waals surface area contributed by atoms with Crippen molar-refractivity contribution in [3.8, 4) is 11.5 Å². The number of benzene rings is 3. The number of hydrogen-bond donors (Lipinski definition) is 1. The number of halogens is 1. The van der Waals surface area contributed by atoms with E-state index in [9.17, 15) is 24.3 Å². The first kappa shape index (κ1) is 27.8. The minimum absolute atomic E-state index is 0.0549. The van der Waals surface area contributed by atoms with Gasteiger partial charge in [0.15, 0.2) is 0 Å². The number of ether oxygens (including phenoxy) is 1. The third-order valence-electron chi connectivity index (χ3n) is 9.92. The number of nitrogens with zero attached hydrogens (tertiary/aromatic N) is 2. The Hall–Kier alpha value is -3.99. The number of fused-ring (bicyclic) bond motifs is 4. The van der Waals surface area contributed by atoms with E-state index < -0.39 is 35.0 Å². The van der Waals surface area contributed by atoms with E-state index >= 15 is 0 Å². The molecule has 1 saturated carbocycles. The summed E-state index contributed by atoms with van der Waals surface area (Å²) in [7, 11) is 1.51. The highest BCUT2D eigenvalue weighted by Crippen LogP contribution is 2.64. The summed E-state index contributed by atoms with van der Waals surface area (Å²) in [6.45, 7) is 1.80. The van der Waals surface area contributed by atoms with Gasteiger partial charge in [0.2, 0.25) is 23.6 Å². The highest BCUT2D eigenvalue weighted by molar-refractivity contribution is 14.1. The molecule has 218 valence electrons. The number of phenolic OH excluding ortho intramolecular Hbond substituents is 1. The van der Waals surface area contributed by atoms with Crippen LogP contribution in [0.3, 0.4) is 0 Å². The number of rotatable bonds is 4. The van der Waals surface area contributed by atoms with Crippen LogP contribution in [-0.4, -0.2) is 35.8 Å². The Morgan fingerprint density at radius 2 is 1.56 bits per heavy atom. The van der Waals surface area contributed by atoms with Crippen LogP contribution < -0.4 is 14.5 Å². The first-order valence-corrected chi connectivity index (χ1v) is 15.4. The van der Waals surface area contributed by atoms with Crippen molar-refractivity contribution in [3.63, 3.8) is 0 Å². The number of carbonyl (C=O) groups excluding carboxylic acids is 4. The number of amides is 4. The molecule has 0 spiro atoms. The molecule has 3 aromatic rings. The Morgan fingerprint density at radius 3 is 2.23 bits per heavy atom. The van der Waals surface area contributed by atoms with Gasteiger partial charge in [-0.2, -0.15) is 0 Å². The molecule has 2 heterocycles. The second kappa shape index (κ2) is 10.0. The maximum absolute atomic E-state index is 14.4.